The largest absolute Gasteiger partial charge is 0.376 e. The van der Waals surface area contributed by atoms with E-state index in [4.69, 9.17) is 0 Å². The van der Waals surface area contributed by atoms with Crippen LogP contribution in [-0.4, -0.2) is 36.8 Å². The van der Waals surface area contributed by atoms with E-state index in [-0.39, 0.29) is 5.91 Å². The number of aliphatic imine (C=N–C) groups is 1. The molecule has 2 rings (SSSR count). The molecular weight excluding hydrogens is 190 g/mol. The minimum absolute atomic E-state index is 0.0557. The van der Waals surface area contributed by atoms with E-state index in [1.165, 1.54) is 0 Å². The van der Waals surface area contributed by atoms with Gasteiger partial charge in [-0.15, -0.1) is 0 Å². The Bertz CT molecular complexity index is 361. The van der Waals surface area contributed by atoms with E-state index in [9.17, 15) is 4.79 Å². The highest BCUT2D eigenvalue weighted by atomic mass is 16.2. The van der Waals surface area contributed by atoms with Crippen molar-refractivity contribution >= 4 is 17.9 Å². The van der Waals surface area contributed by atoms with Gasteiger partial charge < -0.3 is 5.32 Å². The summed E-state index contributed by atoms with van der Waals surface area (Å²) in [6, 6.07) is 9.69. The summed E-state index contributed by atoms with van der Waals surface area (Å²) in [5, 5.41) is 3.07. The second kappa shape index (κ2) is 4.59. The Morgan fingerprint density at radius 1 is 1.40 bits per heavy atom. The molecule has 0 unspecified atom stereocenters. The number of hydrogen-bond acceptors (Lipinski definition) is 3. The van der Waals surface area contributed by atoms with Gasteiger partial charge in [-0.2, -0.15) is 0 Å². The number of carbonyl (C=O) groups excluding carboxylic acids is 1. The highest BCUT2D eigenvalue weighted by Gasteiger charge is 2.13. The Kier molecular flexibility index (Phi) is 2.97. The van der Waals surface area contributed by atoms with Crippen LogP contribution in [0.2, 0.25) is 0 Å². The first-order valence-corrected chi connectivity index (χ1v) is 4.94. The first-order valence-electron chi connectivity index (χ1n) is 4.94. The van der Waals surface area contributed by atoms with Gasteiger partial charge in [0.1, 0.15) is 0 Å². The summed E-state index contributed by atoms with van der Waals surface area (Å²) in [4.78, 5) is 17.2. The molecule has 0 fully saturated rings. The summed E-state index contributed by atoms with van der Waals surface area (Å²) in [6.45, 7) is 1.74. The third-order valence-electron chi connectivity index (χ3n) is 2.23. The molecule has 0 saturated heterocycles. The van der Waals surface area contributed by atoms with Crippen molar-refractivity contribution in [1.82, 2.24) is 4.90 Å². The second-order valence-electron chi connectivity index (χ2n) is 3.33. The fourth-order valence-electron chi connectivity index (χ4n) is 1.40. The van der Waals surface area contributed by atoms with Gasteiger partial charge in [0.05, 0.1) is 19.4 Å². The van der Waals surface area contributed by atoms with E-state index in [2.05, 4.69) is 10.3 Å². The molecule has 1 heterocycles. The molecular formula is C11H13N3O. The van der Waals surface area contributed by atoms with E-state index in [0.29, 0.717) is 13.1 Å². The topological polar surface area (TPSA) is 44.7 Å². The van der Waals surface area contributed by atoms with Crippen molar-refractivity contribution in [3.8, 4) is 0 Å². The van der Waals surface area contributed by atoms with Crippen molar-refractivity contribution < 1.29 is 4.79 Å². The molecule has 1 aromatic rings. The summed E-state index contributed by atoms with van der Waals surface area (Å²) in [5.74, 6) is 0.0557. The number of nitrogens with one attached hydrogen (secondary N) is 1. The van der Waals surface area contributed by atoms with Crippen LogP contribution in [0.3, 0.4) is 0 Å². The maximum atomic E-state index is 11.6. The minimum Gasteiger partial charge on any atom is -0.376 e. The third-order valence-corrected chi connectivity index (χ3v) is 2.23. The number of carbonyl (C=O) groups is 1. The van der Waals surface area contributed by atoms with Gasteiger partial charge >= 0.3 is 0 Å². The molecule has 0 aliphatic carbocycles. The van der Waals surface area contributed by atoms with Crippen LogP contribution >= 0.6 is 0 Å². The Morgan fingerprint density at radius 3 is 2.87 bits per heavy atom. The van der Waals surface area contributed by atoms with Crippen molar-refractivity contribution in [2.75, 3.05) is 25.0 Å². The average molecular weight is 203 g/mol. The first-order chi connectivity index (χ1) is 7.36. The van der Waals surface area contributed by atoms with Crippen molar-refractivity contribution in [1.29, 1.82) is 0 Å². The van der Waals surface area contributed by atoms with Gasteiger partial charge in [-0.05, 0) is 12.1 Å². The first kappa shape index (κ1) is 9.71. The summed E-state index contributed by atoms with van der Waals surface area (Å²) in [5.41, 5.74) is 0.960. The van der Waals surface area contributed by atoms with Crippen molar-refractivity contribution in [3.05, 3.63) is 30.3 Å². The molecule has 0 saturated carbocycles. The number of benzene rings is 1. The van der Waals surface area contributed by atoms with E-state index < -0.39 is 0 Å². The van der Waals surface area contributed by atoms with Crippen LogP contribution < -0.4 is 5.32 Å². The summed E-state index contributed by atoms with van der Waals surface area (Å²) >= 11 is 0. The van der Waals surface area contributed by atoms with Crippen molar-refractivity contribution in [3.63, 3.8) is 0 Å². The lowest BCUT2D eigenvalue weighted by molar-refractivity contribution is -0.124. The molecule has 0 radical (unpaired) electrons. The Labute approximate surface area is 88.6 Å². The molecule has 15 heavy (non-hydrogen) atoms. The standard InChI is InChI=1S/C11H13N3O/c15-11(14-7-6-12-9-14)8-13-10-4-2-1-3-5-10/h1-5,9,13H,6-8H2. The van der Waals surface area contributed by atoms with E-state index in [1.807, 2.05) is 30.3 Å². The SMILES string of the molecule is O=C(CNc1ccccc1)N1C=NCC1. The maximum absolute atomic E-state index is 11.6. The Morgan fingerprint density at radius 2 is 2.20 bits per heavy atom. The number of amides is 1. The lowest BCUT2D eigenvalue weighted by Gasteiger charge is -2.12. The fraction of sp³-hybridized carbons (Fsp3) is 0.273. The van der Waals surface area contributed by atoms with Crippen LogP contribution in [0.15, 0.2) is 35.3 Å². The molecule has 4 nitrogen and oxygen atoms in total. The normalized spacial score (nSPS) is 14.3. The molecule has 1 aliphatic heterocycles. The number of anilines is 1. The van der Waals surface area contributed by atoms with Crippen LogP contribution in [0.5, 0.6) is 0 Å². The maximum Gasteiger partial charge on any atom is 0.247 e. The highest BCUT2D eigenvalue weighted by Crippen LogP contribution is 2.04. The number of rotatable bonds is 3. The van der Waals surface area contributed by atoms with Gasteiger partial charge in [0.25, 0.3) is 0 Å². The summed E-state index contributed by atoms with van der Waals surface area (Å²) < 4.78 is 0. The smallest absolute Gasteiger partial charge is 0.247 e. The number of para-hydroxylation sites is 1. The molecule has 0 aromatic heterocycles. The Balaban J connectivity index is 1.83. The molecule has 1 aliphatic rings. The second-order valence-corrected chi connectivity index (χ2v) is 3.33. The molecule has 1 N–H and O–H groups in total. The fourth-order valence-corrected chi connectivity index (χ4v) is 1.40. The molecule has 0 bridgehead atoms. The van der Waals surface area contributed by atoms with E-state index in [0.717, 1.165) is 12.2 Å². The quantitative estimate of drug-likeness (QED) is 0.795. The van der Waals surface area contributed by atoms with Crippen LogP contribution in [0.1, 0.15) is 0 Å². The molecule has 0 spiro atoms. The zero-order valence-corrected chi connectivity index (χ0v) is 8.39. The number of hydrogen-bond donors (Lipinski definition) is 1. The van der Waals surface area contributed by atoms with Gasteiger partial charge in [0, 0.05) is 12.2 Å². The van der Waals surface area contributed by atoms with E-state index in [1.54, 1.807) is 11.2 Å². The van der Waals surface area contributed by atoms with E-state index >= 15 is 0 Å². The van der Waals surface area contributed by atoms with Crippen LogP contribution in [-0.2, 0) is 4.79 Å². The molecule has 4 heteroatoms. The van der Waals surface area contributed by atoms with Gasteiger partial charge in [0.15, 0.2) is 0 Å². The molecule has 1 aromatic carbocycles. The summed E-state index contributed by atoms with van der Waals surface area (Å²) in [7, 11) is 0. The van der Waals surface area contributed by atoms with Crippen molar-refractivity contribution in [2.45, 2.75) is 0 Å². The zero-order valence-electron chi connectivity index (χ0n) is 8.39. The van der Waals surface area contributed by atoms with Gasteiger partial charge in [0.2, 0.25) is 5.91 Å². The van der Waals surface area contributed by atoms with Crippen LogP contribution in [0.25, 0.3) is 0 Å². The average Bonchev–Trinajstić information content (AvgIpc) is 2.81. The lowest BCUT2D eigenvalue weighted by Crippen LogP contribution is -2.33. The zero-order chi connectivity index (χ0) is 10.5. The van der Waals surface area contributed by atoms with Crippen molar-refractivity contribution in [2.24, 2.45) is 4.99 Å². The lowest BCUT2D eigenvalue weighted by atomic mass is 10.3. The third kappa shape index (κ3) is 2.56. The van der Waals surface area contributed by atoms with Gasteiger partial charge in [-0.25, -0.2) is 0 Å². The predicted molar refractivity (Wildman–Crippen MR) is 60.0 cm³/mol. The molecule has 78 valence electrons. The van der Waals surface area contributed by atoms with Gasteiger partial charge in [-0.1, -0.05) is 18.2 Å². The predicted octanol–water partition coefficient (Wildman–Crippen LogP) is 0.969. The van der Waals surface area contributed by atoms with Crippen LogP contribution in [0, 0.1) is 0 Å². The van der Waals surface area contributed by atoms with Crippen LogP contribution in [0.4, 0.5) is 5.69 Å². The Hall–Kier alpha value is -1.84. The van der Waals surface area contributed by atoms with Gasteiger partial charge in [-0.3, -0.25) is 14.7 Å². The highest BCUT2D eigenvalue weighted by molar-refractivity contribution is 5.91. The molecule has 1 amide bonds. The monoisotopic (exact) mass is 203 g/mol. The molecule has 0 atom stereocenters. The summed E-state index contributed by atoms with van der Waals surface area (Å²) in [6.07, 6.45) is 1.61. The minimum atomic E-state index is 0.0557. The number of nitrogens with zero attached hydrogens (tertiary/aromatic N) is 2.